The Morgan fingerprint density at radius 3 is 2.79 bits per heavy atom. The van der Waals surface area contributed by atoms with Crippen molar-refractivity contribution in [3.8, 4) is 0 Å². The van der Waals surface area contributed by atoms with E-state index in [0.29, 0.717) is 12.1 Å². The lowest BCUT2D eigenvalue weighted by Gasteiger charge is -2.29. The highest BCUT2D eigenvalue weighted by Gasteiger charge is 2.20. The van der Waals surface area contributed by atoms with Gasteiger partial charge in [0.25, 0.3) is 0 Å². The van der Waals surface area contributed by atoms with Crippen LogP contribution in [0.4, 0.5) is 0 Å². The normalized spacial score (nSPS) is 27.6. The van der Waals surface area contributed by atoms with Gasteiger partial charge in [-0.1, -0.05) is 40.5 Å². The molecule has 0 radical (unpaired) electrons. The third kappa shape index (κ3) is 2.18. The maximum atomic E-state index is 3.64. The minimum absolute atomic E-state index is 0.536. The fourth-order valence-electron chi connectivity index (χ4n) is 2.14. The lowest BCUT2D eigenvalue weighted by atomic mass is 9.94. The number of rotatable bonds is 1. The van der Waals surface area contributed by atoms with E-state index in [4.69, 9.17) is 0 Å². The summed E-state index contributed by atoms with van der Waals surface area (Å²) >= 11 is 3.61. The summed E-state index contributed by atoms with van der Waals surface area (Å²) in [5.41, 5.74) is 1.40. The van der Waals surface area contributed by atoms with Crippen LogP contribution >= 0.6 is 15.9 Å². The van der Waals surface area contributed by atoms with E-state index < -0.39 is 0 Å². The van der Waals surface area contributed by atoms with Gasteiger partial charge in [-0.2, -0.15) is 0 Å². The van der Waals surface area contributed by atoms with Gasteiger partial charge in [0.15, 0.2) is 0 Å². The molecule has 2 atom stereocenters. The van der Waals surface area contributed by atoms with Crippen LogP contribution in [0.1, 0.15) is 37.8 Å². The first-order valence-electron chi connectivity index (χ1n) is 5.28. The summed E-state index contributed by atoms with van der Waals surface area (Å²) in [6.07, 6.45) is 3.90. The Kier molecular flexibility index (Phi) is 3.24. The van der Waals surface area contributed by atoms with Gasteiger partial charge < -0.3 is 5.32 Å². The molecule has 1 nitrogen and oxygen atoms in total. The average molecular weight is 254 g/mol. The number of piperidine rings is 1. The Labute approximate surface area is 94.0 Å². The van der Waals surface area contributed by atoms with Crippen molar-refractivity contribution in [3.05, 3.63) is 34.3 Å². The lowest BCUT2D eigenvalue weighted by molar-refractivity contribution is 0.340. The molecule has 0 aliphatic carbocycles. The van der Waals surface area contributed by atoms with Crippen LogP contribution in [0, 0.1) is 0 Å². The molecule has 76 valence electrons. The van der Waals surface area contributed by atoms with Crippen LogP contribution in [0.5, 0.6) is 0 Å². The molecule has 0 aromatic heterocycles. The molecule has 1 heterocycles. The van der Waals surface area contributed by atoms with Crippen molar-refractivity contribution < 1.29 is 0 Å². The molecule has 1 aliphatic rings. The quantitative estimate of drug-likeness (QED) is 0.806. The van der Waals surface area contributed by atoms with Crippen molar-refractivity contribution in [2.75, 3.05) is 0 Å². The van der Waals surface area contributed by atoms with Gasteiger partial charge in [0.2, 0.25) is 0 Å². The Hall–Kier alpha value is -0.340. The summed E-state index contributed by atoms with van der Waals surface area (Å²) in [7, 11) is 0. The molecule has 1 aromatic carbocycles. The van der Waals surface area contributed by atoms with Crippen LogP contribution in [0.25, 0.3) is 0 Å². The summed E-state index contributed by atoms with van der Waals surface area (Å²) in [5, 5.41) is 3.64. The Morgan fingerprint density at radius 2 is 2.07 bits per heavy atom. The standard InChI is InChI=1S/C12H16BrN/c1-9-5-4-8-12(14-9)10-6-2-3-7-11(10)13/h2-3,6-7,9,12,14H,4-5,8H2,1H3. The highest BCUT2D eigenvalue weighted by atomic mass is 79.9. The Balaban J connectivity index is 2.18. The van der Waals surface area contributed by atoms with E-state index in [1.54, 1.807) is 0 Å². The molecule has 2 rings (SSSR count). The molecule has 1 aromatic rings. The Morgan fingerprint density at radius 1 is 1.29 bits per heavy atom. The largest absolute Gasteiger partial charge is 0.307 e. The number of benzene rings is 1. The smallest absolute Gasteiger partial charge is 0.0333 e. The minimum Gasteiger partial charge on any atom is -0.307 e. The van der Waals surface area contributed by atoms with Crippen molar-refractivity contribution in [1.82, 2.24) is 5.32 Å². The molecule has 1 fully saturated rings. The SMILES string of the molecule is CC1CCCC(c2ccccc2Br)N1. The molecule has 1 saturated heterocycles. The minimum atomic E-state index is 0.536. The fourth-order valence-corrected chi connectivity index (χ4v) is 2.70. The van der Waals surface area contributed by atoms with E-state index in [1.807, 2.05) is 0 Å². The molecule has 0 spiro atoms. The average Bonchev–Trinajstić information content (AvgIpc) is 2.18. The highest BCUT2D eigenvalue weighted by Crippen LogP contribution is 2.30. The van der Waals surface area contributed by atoms with Gasteiger partial charge >= 0.3 is 0 Å². The summed E-state index contributed by atoms with van der Waals surface area (Å²) in [5.74, 6) is 0. The molecule has 1 N–H and O–H groups in total. The molecule has 2 heteroatoms. The van der Waals surface area contributed by atoms with Crippen molar-refractivity contribution in [1.29, 1.82) is 0 Å². The molecule has 0 amide bonds. The topological polar surface area (TPSA) is 12.0 Å². The summed E-state index contributed by atoms with van der Waals surface area (Å²) in [6.45, 7) is 2.27. The summed E-state index contributed by atoms with van der Waals surface area (Å²) in [4.78, 5) is 0. The Bertz CT molecular complexity index is 311. The van der Waals surface area contributed by atoms with Crippen LogP contribution in [0.15, 0.2) is 28.7 Å². The van der Waals surface area contributed by atoms with Crippen LogP contribution in [-0.2, 0) is 0 Å². The van der Waals surface area contributed by atoms with E-state index in [9.17, 15) is 0 Å². The van der Waals surface area contributed by atoms with Crippen molar-refractivity contribution >= 4 is 15.9 Å². The summed E-state index contributed by atoms with van der Waals surface area (Å²) in [6, 6.07) is 9.70. The van der Waals surface area contributed by atoms with E-state index in [2.05, 4.69) is 52.4 Å². The van der Waals surface area contributed by atoms with Gasteiger partial charge in [0.1, 0.15) is 0 Å². The lowest BCUT2D eigenvalue weighted by Crippen LogP contribution is -2.34. The van der Waals surface area contributed by atoms with Gasteiger partial charge in [-0.15, -0.1) is 0 Å². The van der Waals surface area contributed by atoms with Gasteiger partial charge in [-0.05, 0) is 31.4 Å². The zero-order valence-electron chi connectivity index (χ0n) is 8.46. The number of hydrogen-bond donors (Lipinski definition) is 1. The van der Waals surface area contributed by atoms with Crippen LogP contribution in [0.2, 0.25) is 0 Å². The number of halogens is 1. The first-order chi connectivity index (χ1) is 6.77. The third-order valence-corrected chi connectivity index (χ3v) is 3.62. The van der Waals surface area contributed by atoms with E-state index in [-0.39, 0.29) is 0 Å². The fraction of sp³-hybridized carbons (Fsp3) is 0.500. The molecular weight excluding hydrogens is 238 g/mol. The second-order valence-corrected chi connectivity index (χ2v) is 4.93. The molecule has 2 unspecified atom stereocenters. The predicted molar refractivity (Wildman–Crippen MR) is 63.3 cm³/mol. The summed E-state index contributed by atoms with van der Waals surface area (Å²) < 4.78 is 1.23. The van der Waals surface area contributed by atoms with Gasteiger partial charge in [-0.25, -0.2) is 0 Å². The molecular formula is C12H16BrN. The number of hydrogen-bond acceptors (Lipinski definition) is 1. The third-order valence-electron chi connectivity index (χ3n) is 2.90. The van der Waals surface area contributed by atoms with Gasteiger partial charge in [0.05, 0.1) is 0 Å². The molecule has 0 bridgehead atoms. The van der Waals surface area contributed by atoms with Crippen molar-refractivity contribution in [3.63, 3.8) is 0 Å². The molecule has 1 aliphatic heterocycles. The highest BCUT2D eigenvalue weighted by molar-refractivity contribution is 9.10. The maximum Gasteiger partial charge on any atom is 0.0333 e. The second-order valence-electron chi connectivity index (χ2n) is 4.07. The van der Waals surface area contributed by atoms with Crippen LogP contribution in [-0.4, -0.2) is 6.04 Å². The van der Waals surface area contributed by atoms with Gasteiger partial charge in [-0.3, -0.25) is 0 Å². The zero-order chi connectivity index (χ0) is 9.97. The van der Waals surface area contributed by atoms with E-state index in [0.717, 1.165) is 0 Å². The van der Waals surface area contributed by atoms with Crippen LogP contribution in [0.3, 0.4) is 0 Å². The first kappa shape index (κ1) is 10.2. The zero-order valence-corrected chi connectivity index (χ0v) is 10.0. The van der Waals surface area contributed by atoms with E-state index >= 15 is 0 Å². The molecule has 0 saturated carbocycles. The van der Waals surface area contributed by atoms with Crippen molar-refractivity contribution in [2.45, 2.75) is 38.3 Å². The monoisotopic (exact) mass is 253 g/mol. The molecule has 14 heavy (non-hydrogen) atoms. The van der Waals surface area contributed by atoms with Gasteiger partial charge in [0, 0.05) is 16.6 Å². The predicted octanol–water partition coefficient (Wildman–Crippen LogP) is 3.65. The van der Waals surface area contributed by atoms with Crippen molar-refractivity contribution in [2.24, 2.45) is 0 Å². The maximum absolute atomic E-state index is 3.64. The second kappa shape index (κ2) is 4.45. The van der Waals surface area contributed by atoms with E-state index in [1.165, 1.54) is 29.3 Å². The van der Waals surface area contributed by atoms with Crippen LogP contribution < -0.4 is 5.32 Å². The number of nitrogens with one attached hydrogen (secondary N) is 1. The first-order valence-corrected chi connectivity index (χ1v) is 6.07.